The van der Waals surface area contributed by atoms with Gasteiger partial charge in [0.2, 0.25) is 0 Å². The third kappa shape index (κ3) is 4.51. The lowest BCUT2D eigenvalue weighted by molar-refractivity contribution is 0.414. The maximum Gasteiger partial charge on any atom is 0.151 e. The van der Waals surface area contributed by atoms with Gasteiger partial charge in [-0.05, 0) is 54.6 Å². The molecule has 0 aliphatic rings. The van der Waals surface area contributed by atoms with Gasteiger partial charge in [0.05, 0.1) is 31.3 Å². The zero-order valence-electron chi connectivity index (χ0n) is 17.1. The normalized spacial score (nSPS) is 11.4. The molecule has 0 fully saturated rings. The molecule has 7 heteroatoms. The topological polar surface area (TPSA) is 88.1 Å². The summed E-state index contributed by atoms with van der Waals surface area (Å²) in [5.74, 6) is 1.51. The highest BCUT2D eigenvalue weighted by atomic mass is 16.5. The van der Waals surface area contributed by atoms with Gasteiger partial charge in [0, 0.05) is 10.8 Å². The second-order valence-corrected chi connectivity index (χ2v) is 6.61. The summed E-state index contributed by atoms with van der Waals surface area (Å²) in [5, 5.41) is 29.3. The van der Waals surface area contributed by atoms with E-state index in [4.69, 9.17) is 9.47 Å². The number of hydrogen-bond donors (Lipinski definition) is 1. The van der Waals surface area contributed by atoms with E-state index < -0.39 is 0 Å². The molecule has 0 heterocycles. The molecule has 7 nitrogen and oxygen atoms in total. The first-order chi connectivity index (χ1) is 15.2. The van der Waals surface area contributed by atoms with Crippen LogP contribution in [0.1, 0.15) is 0 Å². The van der Waals surface area contributed by atoms with E-state index in [2.05, 4.69) is 20.5 Å². The molecule has 4 aromatic rings. The van der Waals surface area contributed by atoms with Crippen LogP contribution in [0.5, 0.6) is 17.2 Å². The monoisotopic (exact) mass is 412 g/mol. The summed E-state index contributed by atoms with van der Waals surface area (Å²) >= 11 is 0. The Bertz CT molecular complexity index is 1250. The number of phenolic OH excluding ortho intramolecular Hbond substituents is 1. The van der Waals surface area contributed by atoms with Crippen LogP contribution in [0.2, 0.25) is 0 Å². The van der Waals surface area contributed by atoms with E-state index in [1.165, 1.54) is 0 Å². The first kappa shape index (κ1) is 20.0. The molecule has 0 unspecified atom stereocenters. The number of rotatable bonds is 6. The number of hydrogen-bond acceptors (Lipinski definition) is 7. The van der Waals surface area contributed by atoms with E-state index in [0.29, 0.717) is 28.1 Å². The number of azo groups is 2. The minimum Gasteiger partial charge on any atom is -0.505 e. The summed E-state index contributed by atoms with van der Waals surface area (Å²) in [4.78, 5) is 0. The molecule has 0 atom stereocenters. The van der Waals surface area contributed by atoms with Crippen LogP contribution >= 0.6 is 0 Å². The van der Waals surface area contributed by atoms with Crippen molar-refractivity contribution in [3.63, 3.8) is 0 Å². The first-order valence-corrected chi connectivity index (χ1v) is 9.54. The maximum absolute atomic E-state index is 10.7. The highest BCUT2D eigenvalue weighted by Gasteiger charge is 2.11. The summed E-state index contributed by atoms with van der Waals surface area (Å²) < 4.78 is 10.3. The van der Waals surface area contributed by atoms with Crippen molar-refractivity contribution in [3.05, 3.63) is 78.9 Å². The fraction of sp³-hybridized carbons (Fsp3) is 0.0833. The highest BCUT2D eigenvalue weighted by molar-refractivity contribution is 6.00. The molecule has 1 N–H and O–H groups in total. The van der Waals surface area contributed by atoms with Crippen LogP contribution in [0.15, 0.2) is 99.3 Å². The molecule has 0 amide bonds. The molecular weight excluding hydrogens is 392 g/mol. The number of nitrogens with zero attached hydrogens (tertiary/aromatic N) is 4. The fourth-order valence-electron chi connectivity index (χ4n) is 3.01. The molecule has 0 saturated carbocycles. The quantitative estimate of drug-likeness (QED) is 0.335. The lowest BCUT2D eigenvalue weighted by Crippen LogP contribution is -1.80. The zero-order valence-corrected chi connectivity index (χ0v) is 17.1. The Labute approximate surface area is 179 Å². The van der Waals surface area contributed by atoms with Gasteiger partial charge in [-0.1, -0.05) is 24.3 Å². The smallest absolute Gasteiger partial charge is 0.151 e. The Morgan fingerprint density at radius 2 is 1.06 bits per heavy atom. The summed E-state index contributed by atoms with van der Waals surface area (Å²) in [6, 6.07) is 23.5. The van der Waals surface area contributed by atoms with Gasteiger partial charge in [-0.25, -0.2) is 0 Å². The van der Waals surface area contributed by atoms with Crippen LogP contribution in [-0.4, -0.2) is 19.3 Å². The summed E-state index contributed by atoms with van der Waals surface area (Å²) in [6.07, 6.45) is 0. The minimum absolute atomic E-state index is 0.0382. The van der Waals surface area contributed by atoms with Crippen molar-refractivity contribution in [3.8, 4) is 17.2 Å². The van der Waals surface area contributed by atoms with Crippen LogP contribution in [0.4, 0.5) is 22.7 Å². The average Bonchev–Trinajstić information content (AvgIpc) is 2.83. The van der Waals surface area contributed by atoms with Crippen molar-refractivity contribution >= 4 is 33.5 Å². The van der Waals surface area contributed by atoms with Crippen molar-refractivity contribution in [2.45, 2.75) is 0 Å². The van der Waals surface area contributed by atoms with Crippen molar-refractivity contribution in [1.29, 1.82) is 0 Å². The molecule has 0 bridgehead atoms. The van der Waals surface area contributed by atoms with Gasteiger partial charge in [-0.15, -0.1) is 10.2 Å². The predicted molar refractivity (Wildman–Crippen MR) is 120 cm³/mol. The fourth-order valence-corrected chi connectivity index (χ4v) is 3.01. The molecule has 0 saturated heterocycles. The van der Waals surface area contributed by atoms with Crippen molar-refractivity contribution in [2.24, 2.45) is 20.5 Å². The number of methoxy groups -OCH3 is 2. The lowest BCUT2D eigenvalue weighted by atomic mass is 10.1. The maximum atomic E-state index is 10.7. The van der Waals surface area contributed by atoms with Crippen LogP contribution in [0.25, 0.3) is 10.8 Å². The molecule has 0 aromatic heterocycles. The summed E-state index contributed by atoms with van der Waals surface area (Å²) in [5.41, 5.74) is 2.19. The van der Waals surface area contributed by atoms with E-state index in [1.54, 1.807) is 44.6 Å². The van der Waals surface area contributed by atoms with Gasteiger partial charge in [-0.2, -0.15) is 10.2 Å². The molecule has 4 aromatic carbocycles. The summed E-state index contributed by atoms with van der Waals surface area (Å²) in [6.45, 7) is 0. The molecule has 0 spiro atoms. The number of ether oxygens (including phenoxy) is 2. The number of fused-ring (bicyclic) bond motifs is 1. The third-order valence-electron chi connectivity index (χ3n) is 4.67. The lowest BCUT2D eigenvalue weighted by Gasteiger charge is -2.07. The third-order valence-corrected chi connectivity index (χ3v) is 4.67. The predicted octanol–water partition coefficient (Wildman–Crippen LogP) is 7.39. The Kier molecular flexibility index (Phi) is 5.84. The second kappa shape index (κ2) is 9.04. The van der Waals surface area contributed by atoms with Crippen LogP contribution < -0.4 is 9.47 Å². The number of phenols is 1. The molecule has 154 valence electrons. The van der Waals surface area contributed by atoms with Gasteiger partial charge in [0.15, 0.2) is 5.75 Å². The molecular formula is C24H20N4O3. The van der Waals surface area contributed by atoms with Crippen LogP contribution in [-0.2, 0) is 0 Å². The van der Waals surface area contributed by atoms with Crippen LogP contribution in [0, 0.1) is 0 Å². The first-order valence-electron chi connectivity index (χ1n) is 9.54. The Morgan fingerprint density at radius 1 is 0.581 bits per heavy atom. The van der Waals surface area contributed by atoms with Crippen molar-refractivity contribution in [1.82, 2.24) is 0 Å². The number of aromatic hydroxyl groups is 1. The van der Waals surface area contributed by atoms with Gasteiger partial charge in [0.25, 0.3) is 0 Å². The SMILES string of the molecule is COc1ccc(N=Nc2cc(N=Nc3ccc(OC)cc3)c3ccccc3c2O)cc1. The standard InChI is InChI=1S/C24H20N4O3/c1-30-18-11-7-16(8-12-18)25-27-22-15-23(24(29)21-6-4-3-5-20(21)22)28-26-17-9-13-19(31-2)14-10-17/h3-15,29H,1-2H3. The zero-order chi connectivity index (χ0) is 21.6. The molecule has 31 heavy (non-hydrogen) atoms. The Balaban J connectivity index is 1.71. The average molecular weight is 412 g/mol. The number of benzene rings is 4. The van der Waals surface area contributed by atoms with E-state index >= 15 is 0 Å². The van der Waals surface area contributed by atoms with Crippen LogP contribution in [0.3, 0.4) is 0 Å². The largest absolute Gasteiger partial charge is 0.505 e. The van der Waals surface area contributed by atoms with Gasteiger partial charge >= 0.3 is 0 Å². The molecule has 0 radical (unpaired) electrons. The van der Waals surface area contributed by atoms with E-state index in [9.17, 15) is 5.11 Å². The highest BCUT2D eigenvalue weighted by Crippen LogP contribution is 2.42. The van der Waals surface area contributed by atoms with Gasteiger partial charge in [0.1, 0.15) is 17.2 Å². The van der Waals surface area contributed by atoms with E-state index in [-0.39, 0.29) is 5.75 Å². The second-order valence-electron chi connectivity index (χ2n) is 6.61. The van der Waals surface area contributed by atoms with Gasteiger partial charge < -0.3 is 14.6 Å². The minimum atomic E-state index is 0.0382. The molecule has 0 aliphatic heterocycles. The Morgan fingerprint density at radius 3 is 1.58 bits per heavy atom. The van der Waals surface area contributed by atoms with E-state index in [1.807, 2.05) is 48.5 Å². The van der Waals surface area contributed by atoms with E-state index in [0.717, 1.165) is 16.9 Å². The Hall–Kier alpha value is -4.26. The van der Waals surface area contributed by atoms with Crippen molar-refractivity contribution in [2.75, 3.05) is 14.2 Å². The van der Waals surface area contributed by atoms with Crippen molar-refractivity contribution < 1.29 is 14.6 Å². The van der Waals surface area contributed by atoms with Gasteiger partial charge in [-0.3, -0.25) is 0 Å². The summed E-state index contributed by atoms with van der Waals surface area (Å²) in [7, 11) is 3.22. The molecule has 0 aliphatic carbocycles. The molecule has 4 rings (SSSR count).